The maximum Gasteiger partial charge on any atom is 0.227 e. The highest BCUT2D eigenvalue weighted by atomic mass is 19.1. The van der Waals surface area contributed by atoms with Gasteiger partial charge in [0, 0.05) is 36.6 Å². The number of carbonyl (C=O) groups excluding carboxylic acids is 1. The summed E-state index contributed by atoms with van der Waals surface area (Å²) >= 11 is 0. The molecule has 0 spiro atoms. The highest BCUT2D eigenvalue weighted by molar-refractivity contribution is 5.84. The van der Waals surface area contributed by atoms with E-state index < -0.39 is 6.10 Å². The number of rotatable bonds is 8. The summed E-state index contributed by atoms with van der Waals surface area (Å²) in [6, 6.07) is 7.98. The van der Waals surface area contributed by atoms with E-state index in [2.05, 4.69) is 25.4 Å². The lowest BCUT2D eigenvalue weighted by Gasteiger charge is -2.39. The van der Waals surface area contributed by atoms with Gasteiger partial charge in [-0.15, -0.1) is 0 Å². The molecule has 4 aromatic rings. The SMILES string of the molecule is CC[C@H](O)Cn1cc(-c2cc3c(N4CC(C(=O)N[C@@H](C)c5ccc(F)cc5)C4)ncnn3c2)cn1. The van der Waals surface area contributed by atoms with Crippen molar-refractivity contribution in [1.29, 1.82) is 0 Å². The van der Waals surface area contributed by atoms with Crippen LogP contribution in [0.2, 0.25) is 0 Å². The number of nitrogens with zero attached hydrogens (tertiary/aromatic N) is 6. The number of aliphatic hydroxyl groups is 1. The van der Waals surface area contributed by atoms with Gasteiger partial charge in [0.15, 0.2) is 5.82 Å². The third-order valence-corrected chi connectivity index (χ3v) is 6.50. The van der Waals surface area contributed by atoms with Crippen molar-refractivity contribution in [3.05, 3.63) is 66.6 Å². The van der Waals surface area contributed by atoms with Crippen LogP contribution < -0.4 is 10.2 Å². The molecule has 1 aliphatic rings. The lowest BCUT2D eigenvalue weighted by atomic mass is 9.98. The molecule has 0 saturated carbocycles. The van der Waals surface area contributed by atoms with Crippen LogP contribution in [-0.4, -0.2) is 54.6 Å². The summed E-state index contributed by atoms with van der Waals surface area (Å²) in [4.78, 5) is 19.3. The van der Waals surface area contributed by atoms with E-state index in [0.29, 0.717) is 26.1 Å². The number of halogens is 1. The van der Waals surface area contributed by atoms with Gasteiger partial charge < -0.3 is 15.3 Å². The summed E-state index contributed by atoms with van der Waals surface area (Å²) < 4.78 is 16.7. The second-order valence-electron chi connectivity index (χ2n) is 9.04. The van der Waals surface area contributed by atoms with Crippen LogP contribution in [0.5, 0.6) is 0 Å². The fourth-order valence-corrected chi connectivity index (χ4v) is 4.26. The fraction of sp³-hybridized carbons (Fsp3) is 0.360. The van der Waals surface area contributed by atoms with Gasteiger partial charge in [0.1, 0.15) is 17.7 Å². The Morgan fingerprint density at radius 2 is 1.97 bits per heavy atom. The van der Waals surface area contributed by atoms with E-state index in [1.807, 2.05) is 32.3 Å². The predicted octanol–water partition coefficient (Wildman–Crippen LogP) is 2.82. The number of nitrogens with one attached hydrogen (secondary N) is 1. The van der Waals surface area contributed by atoms with Gasteiger partial charge in [0.2, 0.25) is 5.91 Å². The molecule has 2 N–H and O–H groups in total. The second-order valence-corrected chi connectivity index (χ2v) is 9.04. The molecule has 3 aromatic heterocycles. The highest BCUT2D eigenvalue weighted by Gasteiger charge is 2.35. The van der Waals surface area contributed by atoms with Gasteiger partial charge in [0.05, 0.1) is 30.8 Å². The van der Waals surface area contributed by atoms with Crippen LogP contribution in [0.3, 0.4) is 0 Å². The molecular weight excluding hydrogens is 449 g/mol. The number of hydrogen-bond acceptors (Lipinski definition) is 6. The van der Waals surface area contributed by atoms with Gasteiger partial charge >= 0.3 is 0 Å². The van der Waals surface area contributed by atoms with E-state index in [1.54, 1.807) is 27.5 Å². The topological polar surface area (TPSA) is 101 Å². The first-order chi connectivity index (χ1) is 16.9. The minimum absolute atomic E-state index is 0.0269. The number of anilines is 1. The van der Waals surface area contributed by atoms with Crippen molar-refractivity contribution in [3.8, 4) is 11.1 Å². The fourth-order valence-electron chi connectivity index (χ4n) is 4.26. The molecule has 5 rings (SSSR count). The van der Waals surface area contributed by atoms with Gasteiger partial charge in [-0.05, 0) is 37.1 Å². The molecule has 0 bridgehead atoms. The van der Waals surface area contributed by atoms with Crippen LogP contribution >= 0.6 is 0 Å². The molecular formula is C25H28FN7O2. The molecule has 1 aliphatic heterocycles. The van der Waals surface area contributed by atoms with E-state index in [9.17, 15) is 14.3 Å². The van der Waals surface area contributed by atoms with Gasteiger partial charge in [-0.3, -0.25) is 9.48 Å². The maximum atomic E-state index is 13.2. The van der Waals surface area contributed by atoms with E-state index in [0.717, 1.165) is 28.0 Å². The zero-order valence-corrected chi connectivity index (χ0v) is 19.7. The van der Waals surface area contributed by atoms with Gasteiger partial charge in [-0.25, -0.2) is 13.9 Å². The first-order valence-corrected chi connectivity index (χ1v) is 11.8. The van der Waals surface area contributed by atoms with Gasteiger partial charge in [-0.2, -0.15) is 10.2 Å². The molecule has 1 saturated heterocycles. The Morgan fingerprint density at radius 1 is 1.20 bits per heavy atom. The Labute approximate surface area is 202 Å². The average Bonchev–Trinajstić information content (AvgIpc) is 3.45. The molecule has 0 aliphatic carbocycles. The van der Waals surface area contributed by atoms with E-state index in [-0.39, 0.29) is 23.7 Å². The van der Waals surface area contributed by atoms with Crippen LogP contribution in [0.4, 0.5) is 10.2 Å². The van der Waals surface area contributed by atoms with E-state index in [1.165, 1.54) is 18.5 Å². The normalized spacial score (nSPS) is 15.7. The Hall–Kier alpha value is -3.79. The molecule has 9 nitrogen and oxygen atoms in total. The van der Waals surface area contributed by atoms with Crippen molar-refractivity contribution in [2.45, 2.75) is 39.0 Å². The number of carbonyl (C=O) groups is 1. The first-order valence-electron chi connectivity index (χ1n) is 11.8. The zero-order chi connectivity index (χ0) is 24.5. The Balaban J connectivity index is 1.25. The molecule has 1 fully saturated rings. The van der Waals surface area contributed by atoms with Crippen LogP contribution in [0, 0.1) is 11.7 Å². The quantitative estimate of drug-likeness (QED) is 0.405. The molecule has 35 heavy (non-hydrogen) atoms. The number of amides is 1. The van der Waals surface area contributed by atoms with Crippen LogP contribution in [0.15, 0.2) is 55.2 Å². The third-order valence-electron chi connectivity index (χ3n) is 6.50. The van der Waals surface area contributed by atoms with Gasteiger partial charge in [0.25, 0.3) is 0 Å². The van der Waals surface area contributed by atoms with Crippen molar-refractivity contribution in [2.75, 3.05) is 18.0 Å². The van der Waals surface area contributed by atoms with Crippen molar-refractivity contribution in [1.82, 2.24) is 29.7 Å². The molecule has 10 heteroatoms. The molecule has 4 heterocycles. The summed E-state index contributed by atoms with van der Waals surface area (Å²) in [6.45, 7) is 5.39. The lowest BCUT2D eigenvalue weighted by molar-refractivity contribution is -0.126. The zero-order valence-electron chi connectivity index (χ0n) is 19.7. The Kier molecular flexibility index (Phi) is 6.21. The van der Waals surface area contributed by atoms with Crippen LogP contribution in [0.25, 0.3) is 16.6 Å². The summed E-state index contributed by atoms with van der Waals surface area (Å²) in [5.41, 5.74) is 3.59. The monoisotopic (exact) mass is 477 g/mol. The summed E-state index contributed by atoms with van der Waals surface area (Å²) in [7, 11) is 0. The maximum absolute atomic E-state index is 13.2. The van der Waals surface area contributed by atoms with Crippen molar-refractivity contribution in [3.63, 3.8) is 0 Å². The minimum Gasteiger partial charge on any atom is -0.391 e. The van der Waals surface area contributed by atoms with E-state index >= 15 is 0 Å². The lowest BCUT2D eigenvalue weighted by Crippen LogP contribution is -2.54. The van der Waals surface area contributed by atoms with Gasteiger partial charge in [-0.1, -0.05) is 19.1 Å². The Bertz CT molecular complexity index is 1330. The third kappa shape index (κ3) is 4.74. The number of benzene rings is 1. The number of aromatic nitrogens is 5. The van der Waals surface area contributed by atoms with Crippen LogP contribution in [-0.2, 0) is 11.3 Å². The van der Waals surface area contributed by atoms with Crippen molar-refractivity contribution < 1.29 is 14.3 Å². The number of hydrogen-bond donors (Lipinski definition) is 2. The molecule has 1 aromatic carbocycles. The summed E-state index contributed by atoms with van der Waals surface area (Å²) in [6.07, 6.45) is 7.36. The number of aliphatic hydroxyl groups excluding tert-OH is 1. The molecule has 1 amide bonds. The Morgan fingerprint density at radius 3 is 2.71 bits per heavy atom. The second kappa shape index (κ2) is 9.46. The predicted molar refractivity (Wildman–Crippen MR) is 129 cm³/mol. The summed E-state index contributed by atoms with van der Waals surface area (Å²) in [5, 5.41) is 21.6. The van der Waals surface area contributed by atoms with E-state index in [4.69, 9.17) is 0 Å². The minimum atomic E-state index is -0.427. The number of fused-ring (bicyclic) bond motifs is 1. The molecule has 182 valence electrons. The highest BCUT2D eigenvalue weighted by Crippen LogP contribution is 2.30. The van der Waals surface area contributed by atoms with Crippen LogP contribution in [0.1, 0.15) is 31.9 Å². The van der Waals surface area contributed by atoms with Crippen molar-refractivity contribution in [2.24, 2.45) is 5.92 Å². The first kappa shape index (κ1) is 23.0. The van der Waals surface area contributed by atoms with Crippen molar-refractivity contribution >= 4 is 17.2 Å². The molecule has 0 radical (unpaired) electrons. The average molecular weight is 478 g/mol. The smallest absolute Gasteiger partial charge is 0.227 e. The standard InChI is InChI=1S/C25H28FN7O2/c1-3-22(34)14-32-12-19(9-28-32)18-8-23-24(27-15-29-33(23)13-18)31-10-20(11-31)25(35)30-16(2)17-4-6-21(26)7-5-17/h4-9,12-13,15-16,20,22,34H,3,10-11,14H2,1-2H3,(H,30,35)/t16-,22-/m0/s1. The largest absolute Gasteiger partial charge is 0.391 e. The molecule has 0 unspecified atom stereocenters. The molecule has 2 atom stereocenters. The summed E-state index contributed by atoms with van der Waals surface area (Å²) in [5.74, 6) is 0.304.